The molecule has 2 aromatic heterocycles. The van der Waals surface area contributed by atoms with Crippen LogP contribution in [0.25, 0.3) is 11.0 Å². The molecule has 0 saturated heterocycles. The zero-order valence-corrected chi connectivity index (χ0v) is 13.5. The summed E-state index contributed by atoms with van der Waals surface area (Å²) < 4.78 is 5.19. The number of nitrogens with zero attached hydrogens (tertiary/aromatic N) is 1. The van der Waals surface area contributed by atoms with Crippen molar-refractivity contribution in [2.24, 2.45) is 0 Å². The van der Waals surface area contributed by atoms with Crippen LogP contribution in [0, 0.1) is 13.8 Å². The number of fused-ring (bicyclic) bond motifs is 1. The van der Waals surface area contributed by atoms with Crippen molar-refractivity contribution < 1.29 is 9.53 Å². The van der Waals surface area contributed by atoms with Gasteiger partial charge in [0.05, 0.1) is 23.9 Å². The quantitative estimate of drug-likeness (QED) is 0.558. The van der Waals surface area contributed by atoms with E-state index < -0.39 is 0 Å². The second kappa shape index (κ2) is 5.88. The monoisotopic (exact) mass is 315 g/mol. The minimum atomic E-state index is 0.102. The van der Waals surface area contributed by atoms with Crippen molar-refractivity contribution in [2.75, 3.05) is 12.9 Å². The molecule has 3 rings (SSSR count). The number of ether oxygens (including phenoxy) is 1. The van der Waals surface area contributed by atoms with Gasteiger partial charge in [-0.3, -0.25) is 4.79 Å². The highest BCUT2D eigenvalue weighted by Crippen LogP contribution is 2.24. The van der Waals surface area contributed by atoms with E-state index in [1.54, 1.807) is 7.11 Å². The van der Waals surface area contributed by atoms with Crippen LogP contribution in [-0.2, 0) is 0 Å². The van der Waals surface area contributed by atoms with Gasteiger partial charge in [-0.05, 0) is 32.0 Å². The van der Waals surface area contributed by atoms with E-state index in [1.807, 2.05) is 38.1 Å². The normalized spacial score (nSPS) is 11.0. The third-order valence-electron chi connectivity index (χ3n) is 3.46. The fraction of sp³-hybridized carbons (Fsp3) is 0.250. The first-order chi connectivity index (χ1) is 10.6. The summed E-state index contributed by atoms with van der Waals surface area (Å²) in [7, 11) is 1.63. The summed E-state index contributed by atoms with van der Waals surface area (Å²) in [5.41, 5.74) is 4.44. The Labute approximate surface area is 132 Å². The first-order valence-corrected chi connectivity index (χ1v) is 7.91. The Morgan fingerprint density at radius 3 is 2.77 bits per heavy atom. The number of aryl methyl sites for hydroxylation is 2. The zero-order chi connectivity index (χ0) is 15.7. The lowest BCUT2D eigenvalue weighted by Gasteiger charge is -1.98. The number of thioether (sulfide) groups is 1. The second-order valence-electron chi connectivity index (χ2n) is 5.13. The Bertz CT molecular complexity index is 835. The lowest BCUT2D eigenvalue weighted by Crippen LogP contribution is -2.03. The summed E-state index contributed by atoms with van der Waals surface area (Å²) in [4.78, 5) is 23.1. The number of benzene rings is 1. The number of aromatic amines is 2. The number of hydrogen-bond donors (Lipinski definition) is 2. The van der Waals surface area contributed by atoms with Crippen LogP contribution in [0.3, 0.4) is 0 Å². The van der Waals surface area contributed by atoms with E-state index in [-0.39, 0.29) is 5.78 Å². The van der Waals surface area contributed by atoms with Crippen molar-refractivity contribution >= 4 is 28.6 Å². The van der Waals surface area contributed by atoms with Crippen LogP contribution in [0.4, 0.5) is 0 Å². The fourth-order valence-electron chi connectivity index (χ4n) is 2.39. The van der Waals surface area contributed by atoms with Gasteiger partial charge in [-0.25, -0.2) is 4.98 Å². The number of nitrogens with one attached hydrogen (secondary N) is 2. The molecule has 0 aliphatic heterocycles. The van der Waals surface area contributed by atoms with Gasteiger partial charge < -0.3 is 14.7 Å². The Morgan fingerprint density at radius 1 is 1.27 bits per heavy atom. The van der Waals surface area contributed by atoms with Crippen molar-refractivity contribution in [3.05, 3.63) is 41.2 Å². The molecule has 114 valence electrons. The molecule has 0 atom stereocenters. The molecule has 0 aliphatic carbocycles. The molecular formula is C16H17N3O2S. The number of hydrogen-bond acceptors (Lipinski definition) is 4. The maximum absolute atomic E-state index is 12.3. The molecule has 0 aliphatic rings. The summed E-state index contributed by atoms with van der Waals surface area (Å²) in [6.07, 6.45) is 0. The van der Waals surface area contributed by atoms with Crippen molar-refractivity contribution in [1.82, 2.24) is 15.0 Å². The van der Waals surface area contributed by atoms with E-state index in [2.05, 4.69) is 15.0 Å². The molecule has 0 spiro atoms. The van der Waals surface area contributed by atoms with Crippen LogP contribution in [0.15, 0.2) is 29.4 Å². The lowest BCUT2D eigenvalue weighted by molar-refractivity contribution is 0.102. The third-order valence-corrected chi connectivity index (χ3v) is 4.33. The number of imidazole rings is 1. The molecule has 2 heterocycles. The number of carbonyl (C=O) groups excluding carboxylic acids is 1. The van der Waals surface area contributed by atoms with Gasteiger partial charge in [0.15, 0.2) is 10.9 Å². The van der Waals surface area contributed by atoms with Crippen LogP contribution in [0.2, 0.25) is 0 Å². The number of H-pyrrole nitrogens is 2. The van der Waals surface area contributed by atoms with Crippen LogP contribution in [0.1, 0.15) is 21.7 Å². The Morgan fingerprint density at radius 2 is 2.09 bits per heavy atom. The van der Waals surface area contributed by atoms with Crippen LogP contribution in [-0.4, -0.2) is 33.6 Å². The van der Waals surface area contributed by atoms with Gasteiger partial charge in [-0.15, -0.1) is 0 Å². The Hall–Kier alpha value is -2.21. The summed E-state index contributed by atoms with van der Waals surface area (Å²) in [6.45, 7) is 3.86. The Kier molecular flexibility index (Phi) is 3.94. The third kappa shape index (κ3) is 2.87. The molecule has 0 unspecified atom stereocenters. The first kappa shape index (κ1) is 14.7. The average molecular weight is 315 g/mol. The number of carbonyl (C=O) groups is 1. The van der Waals surface area contributed by atoms with Crippen molar-refractivity contribution in [2.45, 2.75) is 19.0 Å². The molecule has 0 saturated carbocycles. The van der Waals surface area contributed by atoms with Crippen LogP contribution < -0.4 is 4.74 Å². The molecule has 0 radical (unpaired) electrons. The van der Waals surface area contributed by atoms with Gasteiger partial charge in [0, 0.05) is 23.0 Å². The minimum absolute atomic E-state index is 0.102. The van der Waals surface area contributed by atoms with E-state index in [0.717, 1.165) is 38.9 Å². The second-order valence-corrected chi connectivity index (χ2v) is 6.09. The van der Waals surface area contributed by atoms with Gasteiger partial charge in [0.2, 0.25) is 0 Å². The number of rotatable bonds is 5. The standard InChI is InChI=1S/C16H17N3O2S/c1-9-6-12(10(2)17-9)15(20)8-22-16-18-13-5-4-11(21-3)7-14(13)19-16/h4-7,17H,8H2,1-3H3,(H,18,19). The highest BCUT2D eigenvalue weighted by atomic mass is 32.2. The lowest BCUT2D eigenvalue weighted by atomic mass is 10.2. The van der Waals surface area contributed by atoms with Crippen LogP contribution in [0.5, 0.6) is 5.75 Å². The molecule has 0 amide bonds. The smallest absolute Gasteiger partial charge is 0.174 e. The molecule has 0 fully saturated rings. The van der Waals surface area contributed by atoms with Gasteiger partial charge in [-0.1, -0.05) is 11.8 Å². The molecule has 2 N–H and O–H groups in total. The highest BCUT2D eigenvalue weighted by Gasteiger charge is 2.13. The number of methoxy groups -OCH3 is 1. The number of Topliss-reactive ketones (excluding diaryl/α,β-unsaturated/α-hetero) is 1. The molecule has 22 heavy (non-hydrogen) atoms. The number of aromatic nitrogens is 3. The topological polar surface area (TPSA) is 70.8 Å². The summed E-state index contributed by atoms with van der Waals surface area (Å²) in [5.74, 6) is 1.24. The maximum atomic E-state index is 12.3. The van der Waals surface area contributed by atoms with E-state index in [9.17, 15) is 4.79 Å². The largest absolute Gasteiger partial charge is 0.497 e. The van der Waals surface area contributed by atoms with Gasteiger partial charge in [0.25, 0.3) is 0 Å². The SMILES string of the molecule is COc1ccc2nc(SCC(=O)c3cc(C)[nH]c3C)[nH]c2c1. The van der Waals surface area contributed by atoms with Gasteiger partial charge >= 0.3 is 0 Å². The Balaban J connectivity index is 1.73. The molecule has 5 nitrogen and oxygen atoms in total. The summed E-state index contributed by atoms with van der Waals surface area (Å²) in [5, 5.41) is 0.738. The summed E-state index contributed by atoms with van der Waals surface area (Å²) in [6, 6.07) is 7.56. The molecule has 6 heteroatoms. The summed E-state index contributed by atoms with van der Waals surface area (Å²) >= 11 is 1.41. The van der Waals surface area contributed by atoms with Crippen molar-refractivity contribution in [1.29, 1.82) is 0 Å². The van der Waals surface area contributed by atoms with Crippen molar-refractivity contribution in [3.8, 4) is 5.75 Å². The predicted octanol–water partition coefficient (Wildman–Crippen LogP) is 3.49. The molecule has 1 aromatic carbocycles. The van der Waals surface area contributed by atoms with Gasteiger partial charge in [0.1, 0.15) is 5.75 Å². The predicted molar refractivity (Wildman–Crippen MR) is 88.0 cm³/mol. The van der Waals surface area contributed by atoms with E-state index in [1.165, 1.54) is 11.8 Å². The number of ketones is 1. The van der Waals surface area contributed by atoms with E-state index >= 15 is 0 Å². The zero-order valence-electron chi connectivity index (χ0n) is 12.7. The molecule has 3 aromatic rings. The van der Waals surface area contributed by atoms with E-state index in [0.29, 0.717) is 5.75 Å². The van der Waals surface area contributed by atoms with Crippen molar-refractivity contribution in [3.63, 3.8) is 0 Å². The van der Waals surface area contributed by atoms with E-state index in [4.69, 9.17) is 4.74 Å². The fourth-order valence-corrected chi connectivity index (χ4v) is 3.15. The van der Waals surface area contributed by atoms with Gasteiger partial charge in [-0.2, -0.15) is 0 Å². The van der Waals surface area contributed by atoms with Crippen LogP contribution >= 0.6 is 11.8 Å². The highest BCUT2D eigenvalue weighted by molar-refractivity contribution is 7.99. The molecule has 0 bridgehead atoms. The molecular weight excluding hydrogens is 298 g/mol. The average Bonchev–Trinajstić information content (AvgIpc) is 3.06. The maximum Gasteiger partial charge on any atom is 0.174 e. The minimum Gasteiger partial charge on any atom is -0.497 e. The first-order valence-electron chi connectivity index (χ1n) is 6.93.